The predicted molar refractivity (Wildman–Crippen MR) is 64.4 cm³/mol. The van der Waals surface area contributed by atoms with Crippen LogP contribution in [-0.2, 0) is 14.9 Å². The maximum Gasteiger partial charge on any atom is 0.417 e. The van der Waals surface area contributed by atoms with Crippen molar-refractivity contribution in [3.05, 3.63) is 34.3 Å². The molecular formula is C13H13NO4. The number of ether oxygens (including phenoxy) is 1. The molecule has 0 bridgehead atoms. The molecule has 0 saturated heterocycles. The van der Waals surface area contributed by atoms with Crippen LogP contribution in [0.4, 0.5) is 0 Å². The van der Waals surface area contributed by atoms with Gasteiger partial charge in [-0.25, -0.2) is 4.79 Å². The SMILES string of the molecule is COC(=O)C1(c2ccc3[nH]c(=O)oc3c2)CCC1. The third-order valence-corrected chi connectivity index (χ3v) is 3.76. The molecule has 5 nitrogen and oxygen atoms in total. The molecule has 1 aliphatic carbocycles. The van der Waals surface area contributed by atoms with Gasteiger partial charge in [0.25, 0.3) is 0 Å². The number of benzene rings is 1. The van der Waals surface area contributed by atoms with Crippen molar-refractivity contribution in [3.8, 4) is 0 Å². The Bertz CT molecular complexity index is 663. The molecule has 5 heteroatoms. The van der Waals surface area contributed by atoms with Crippen LogP contribution in [0, 0.1) is 0 Å². The minimum Gasteiger partial charge on any atom is -0.468 e. The Hall–Kier alpha value is -2.04. The second-order valence-electron chi connectivity index (χ2n) is 4.65. The molecule has 0 radical (unpaired) electrons. The van der Waals surface area contributed by atoms with Crippen molar-refractivity contribution in [2.45, 2.75) is 24.7 Å². The van der Waals surface area contributed by atoms with Gasteiger partial charge in [0.05, 0.1) is 18.0 Å². The molecule has 18 heavy (non-hydrogen) atoms. The number of nitrogens with one attached hydrogen (secondary N) is 1. The second-order valence-corrected chi connectivity index (χ2v) is 4.65. The summed E-state index contributed by atoms with van der Waals surface area (Å²) >= 11 is 0. The smallest absolute Gasteiger partial charge is 0.417 e. The van der Waals surface area contributed by atoms with Gasteiger partial charge in [0.2, 0.25) is 0 Å². The molecule has 0 spiro atoms. The summed E-state index contributed by atoms with van der Waals surface area (Å²) in [5.41, 5.74) is 1.42. The van der Waals surface area contributed by atoms with Crippen molar-refractivity contribution in [1.29, 1.82) is 0 Å². The first-order valence-electron chi connectivity index (χ1n) is 5.87. The summed E-state index contributed by atoms with van der Waals surface area (Å²) in [5, 5.41) is 0. The van der Waals surface area contributed by atoms with Gasteiger partial charge < -0.3 is 9.15 Å². The molecule has 1 aromatic carbocycles. The third kappa shape index (κ3) is 1.40. The minimum absolute atomic E-state index is 0.217. The number of carbonyl (C=O) groups excluding carboxylic acids is 1. The van der Waals surface area contributed by atoms with Crippen LogP contribution in [0.2, 0.25) is 0 Å². The van der Waals surface area contributed by atoms with Gasteiger partial charge in [-0.1, -0.05) is 12.5 Å². The number of esters is 1. The molecule has 94 valence electrons. The lowest BCUT2D eigenvalue weighted by atomic mass is 9.64. The van der Waals surface area contributed by atoms with Gasteiger partial charge in [0.1, 0.15) is 0 Å². The molecule has 3 rings (SSSR count). The van der Waals surface area contributed by atoms with Crippen LogP contribution in [0.5, 0.6) is 0 Å². The third-order valence-electron chi connectivity index (χ3n) is 3.76. The molecule has 1 aromatic heterocycles. The van der Waals surface area contributed by atoms with Gasteiger partial charge in [-0.05, 0) is 30.5 Å². The van der Waals surface area contributed by atoms with E-state index in [1.807, 2.05) is 6.07 Å². The van der Waals surface area contributed by atoms with E-state index in [9.17, 15) is 9.59 Å². The summed E-state index contributed by atoms with van der Waals surface area (Å²) in [6, 6.07) is 5.37. The van der Waals surface area contributed by atoms with Crippen LogP contribution < -0.4 is 5.76 Å². The number of hydrogen-bond acceptors (Lipinski definition) is 4. The molecule has 0 amide bonds. The minimum atomic E-state index is -0.557. The first-order chi connectivity index (χ1) is 8.65. The van der Waals surface area contributed by atoms with Crippen LogP contribution in [-0.4, -0.2) is 18.1 Å². The van der Waals surface area contributed by atoms with Gasteiger partial charge in [-0.2, -0.15) is 0 Å². The van der Waals surface area contributed by atoms with Crippen LogP contribution in [0.15, 0.2) is 27.4 Å². The van der Waals surface area contributed by atoms with Crippen LogP contribution in [0.25, 0.3) is 11.1 Å². The number of rotatable bonds is 2. The quantitative estimate of drug-likeness (QED) is 0.820. The highest BCUT2D eigenvalue weighted by Gasteiger charge is 2.46. The van der Waals surface area contributed by atoms with Crippen molar-refractivity contribution >= 4 is 17.1 Å². The highest BCUT2D eigenvalue weighted by Crippen LogP contribution is 2.45. The normalized spacial score (nSPS) is 17.4. The lowest BCUT2D eigenvalue weighted by molar-refractivity contribution is -0.151. The average molecular weight is 247 g/mol. The Morgan fingerprint density at radius 2 is 2.22 bits per heavy atom. The van der Waals surface area contributed by atoms with E-state index < -0.39 is 11.2 Å². The van der Waals surface area contributed by atoms with Crippen molar-refractivity contribution in [2.75, 3.05) is 7.11 Å². The maximum atomic E-state index is 11.9. The van der Waals surface area contributed by atoms with E-state index >= 15 is 0 Å². The zero-order valence-corrected chi connectivity index (χ0v) is 9.99. The number of aromatic amines is 1. The Morgan fingerprint density at radius 3 is 2.83 bits per heavy atom. The fourth-order valence-electron chi connectivity index (χ4n) is 2.58. The van der Waals surface area contributed by atoms with Gasteiger partial charge in [-0.3, -0.25) is 9.78 Å². The zero-order chi connectivity index (χ0) is 12.8. The monoisotopic (exact) mass is 247 g/mol. The topological polar surface area (TPSA) is 72.3 Å². The van der Waals surface area contributed by atoms with E-state index in [4.69, 9.17) is 9.15 Å². The Kier molecular flexibility index (Phi) is 2.29. The van der Waals surface area contributed by atoms with E-state index in [0.29, 0.717) is 11.1 Å². The fraction of sp³-hybridized carbons (Fsp3) is 0.385. The Balaban J connectivity index is 2.12. The number of fused-ring (bicyclic) bond motifs is 1. The molecule has 1 N–H and O–H groups in total. The number of H-pyrrole nitrogens is 1. The number of hydrogen-bond donors (Lipinski definition) is 1. The standard InChI is InChI=1S/C13H13NO4/c1-17-11(15)13(5-2-6-13)8-3-4-9-10(7-8)18-12(16)14-9/h3-4,7H,2,5-6H2,1H3,(H,14,16). The lowest BCUT2D eigenvalue weighted by Gasteiger charge is -2.39. The predicted octanol–water partition coefficient (Wildman–Crippen LogP) is 1.72. The molecule has 1 heterocycles. The summed E-state index contributed by atoms with van der Waals surface area (Å²) in [6.45, 7) is 0. The van der Waals surface area contributed by atoms with Crippen molar-refractivity contribution < 1.29 is 13.9 Å². The van der Waals surface area contributed by atoms with Gasteiger partial charge in [-0.15, -0.1) is 0 Å². The molecule has 1 saturated carbocycles. The number of methoxy groups -OCH3 is 1. The molecule has 1 fully saturated rings. The molecule has 0 unspecified atom stereocenters. The number of oxazole rings is 1. The van der Waals surface area contributed by atoms with Crippen molar-refractivity contribution in [2.24, 2.45) is 0 Å². The number of carbonyl (C=O) groups is 1. The first-order valence-corrected chi connectivity index (χ1v) is 5.87. The van der Waals surface area contributed by atoms with Gasteiger partial charge in [0.15, 0.2) is 5.58 Å². The van der Waals surface area contributed by atoms with E-state index in [-0.39, 0.29) is 5.97 Å². The van der Waals surface area contributed by atoms with Crippen molar-refractivity contribution in [3.63, 3.8) is 0 Å². The lowest BCUT2D eigenvalue weighted by Crippen LogP contribution is -2.43. The van der Waals surface area contributed by atoms with E-state index in [1.165, 1.54) is 7.11 Å². The maximum absolute atomic E-state index is 11.9. The molecule has 1 aliphatic rings. The molecule has 0 atom stereocenters. The average Bonchev–Trinajstić information content (AvgIpc) is 2.66. The summed E-state index contributed by atoms with van der Waals surface area (Å²) < 4.78 is 9.91. The number of aromatic nitrogens is 1. The van der Waals surface area contributed by atoms with Crippen LogP contribution >= 0.6 is 0 Å². The summed E-state index contributed by atoms with van der Waals surface area (Å²) in [5.74, 6) is -0.700. The van der Waals surface area contributed by atoms with E-state index in [1.54, 1.807) is 12.1 Å². The summed E-state index contributed by atoms with van der Waals surface area (Å²) in [6.07, 6.45) is 2.56. The molecule has 2 aromatic rings. The fourth-order valence-corrected chi connectivity index (χ4v) is 2.58. The van der Waals surface area contributed by atoms with Crippen molar-refractivity contribution in [1.82, 2.24) is 4.98 Å². The van der Waals surface area contributed by atoms with E-state index in [2.05, 4.69) is 4.98 Å². The summed E-state index contributed by atoms with van der Waals surface area (Å²) in [4.78, 5) is 25.6. The highest BCUT2D eigenvalue weighted by atomic mass is 16.5. The highest BCUT2D eigenvalue weighted by molar-refractivity contribution is 5.86. The molecular weight excluding hydrogens is 234 g/mol. The van der Waals surface area contributed by atoms with Gasteiger partial charge >= 0.3 is 11.7 Å². The Labute approximate surface area is 103 Å². The van der Waals surface area contributed by atoms with E-state index in [0.717, 1.165) is 24.8 Å². The summed E-state index contributed by atoms with van der Waals surface area (Å²) in [7, 11) is 1.40. The molecule has 0 aliphatic heterocycles. The van der Waals surface area contributed by atoms with Crippen LogP contribution in [0.3, 0.4) is 0 Å². The van der Waals surface area contributed by atoms with Crippen LogP contribution in [0.1, 0.15) is 24.8 Å². The zero-order valence-electron chi connectivity index (χ0n) is 9.99. The Morgan fingerprint density at radius 1 is 1.44 bits per heavy atom. The second kappa shape index (κ2) is 3.73. The first kappa shape index (κ1) is 11.1. The largest absolute Gasteiger partial charge is 0.468 e. The van der Waals surface area contributed by atoms with Gasteiger partial charge in [0, 0.05) is 0 Å².